The summed E-state index contributed by atoms with van der Waals surface area (Å²) in [6, 6.07) is 11.1. The number of carbonyl (C=O) groups is 2. The molecule has 0 spiro atoms. The van der Waals surface area contributed by atoms with Crippen LogP contribution in [0.4, 0.5) is 17.1 Å². The summed E-state index contributed by atoms with van der Waals surface area (Å²) >= 11 is 11.9. The predicted octanol–water partition coefficient (Wildman–Crippen LogP) is 3.52. The zero-order valence-corrected chi connectivity index (χ0v) is 17.9. The van der Waals surface area contributed by atoms with E-state index in [0.717, 1.165) is 22.7 Å². The maximum absolute atomic E-state index is 12.5. The number of hydrogen-bond donors (Lipinski definition) is 1. The summed E-state index contributed by atoms with van der Waals surface area (Å²) in [5, 5.41) is 3.17. The molecule has 10 heteroatoms. The molecular formula is C19H19Cl2N3O4S. The fraction of sp³-hybridized carbons (Fsp3) is 0.263. The van der Waals surface area contributed by atoms with Crippen LogP contribution in [0.15, 0.2) is 42.5 Å². The third kappa shape index (κ3) is 5.41. The number of amides is 2. The summed E-state index contributed by atoms with van der Waals surface area (Å²) in [5.74, 6) is -0.456. The molecule has 1 aliphatic heterocycles. The molecule has 2 aromatic carbocycles. The molecule has 2 aromatic rings. The third-order valence-corrected chi connectivity index (χ3v) is 5.94. The molecule has 3 rings (SSSR count). The van der Waals surface area contributed by atoms with E-state index < -0.39 is 22.5 Å². The van der Waals surface area contributed by atoms with E-state index in [1.165, 1.54) is 18.2 Å². The van der Waals surface area contributed by atoms with Gasteiger partial charge in [0.05, 0.1) is 11.9 Å². The van der Waals surface area contributed by atoms with E-state index in [1.54, 1.807) is 29.2 Å². The standard InChI is InChI=1S/C19H19Cl2N3O4S/c1-29(27,28)24(17-10-13(20)9-14(21)11-17)12-18(25)22-15-4-6-16(7-5-15)23-8-2-3-19(23)26/h4-7,9-11H,2-3,8,12H2,1H3,(H,22,25). The van der Waals surface area contributed by atoms with Crippen molar-refractivity contribution >= 4 is 62.1 Å². The van der Waals surface area contributed by atoms with Crippen LogP contribution in [-0.4, -0.2) is 39.6 Å². The molecule has 1 fully saturated rings. The first-order valence-corrected chi connectivity index (χ1v) is 11.4. The third-order valence-electron chi connectivity index (χ3n) is 4.36. The van der Waals surface area contributed by atoms with Gasteiger partial charge in [-0.3, -0.25) is 13.9 Å². The highest BCUT2D eigenvalue weighted by atomic mass is 35.5. The van der Waals surface area contributed by atoms with E-state index in [0.29, 0.717) is 18.7 Å². The number of nitrogens with zero attached hydrogens (tertiary/aromatic N) is 2. The van der Waals surface area contributed by atoms with Crippen LogP contribution in [0, 0.1) is 0 Å². The second kappa shape index (κ2) is 8.61. The molecule has 154 valence electrons. The maximum Gasteiger partial charge on any atom is 0.245 e. The van der Waals surface area contributed by atoms with Gasteiger partial charge in [0.25, 0.3) is 0 Å². The van der Waals surface area contributed by atoms with Crippen LogP contribution in [0.5, 0.6) is 0 Å². The molecular weight excluding hydrogens is 437 g/mol. The largest absolute Gasteiger partial charge is 0.325 e. The Labute approximate surface area is 179 Å². The van der Waals surface area contributed by atoms with Crippen molar-refractivity contribution in [3.05, 3.63) is 52.5 Å². The second-order valence-electron chi connectivity index (χ2n) is 6.64. The second-order valence-corrected chi connectivity index (χ2v) is 9.42. The molecule has 0 aliphatic carbocycles. The van der Waals surface area contributed by atoms with Crippen molar-refractivity contribution < 1.29 is 18.0 Å². The Balaban J connectivity index is 1.73. The number of rotatable bonds is 6. The molecule has 2 amide bonds. The zero-order valence-electron chi connectivity index (χ0n) is 15.6. The van der Waals surface area contributed by atoms with Gasteiger partial charge in [0.2, 0.25) is 21.8 Å². The van der Waals surface area contributed by atoms with Crippen LogP contribution in [0.25, 0.3) is 0 Å². The van der Waals surface area contributed by atoms with E-state index in [4.69, 9.17) is 23.2 Å². The maximum atomic E-state index is 12.5. The Morgan fingerprint density at radius 2 is 1.76 bits per heavy atom. The molecule has 1 aliphatic rings. The van der Waals surface area contributed by atoms with Crippen molar-refractivity contribution in [3.8, 4) is 0 Å². The van der Waals surface area contributed by atoms with E-state index in [1.807, 2.05) is 0 Å². The van der Waals surface area contributed by atoms with Gasteiger partial charge in [0, 0.05) is 34.4 Å². The van der Waals surface area contributed by atoms with Crippen LogP contribution in [0.1, 0.15) is 12.8 Å². The van der Waals surface area contributed by atoms with E-state index in [9.17, 15) is 18.0 Å². The quantitative estimate of drug-likeness (QED) is 0.721. The van der Waals surface area contributed by atoms with Gasteiger partial charge >= 0.3 is 0 Å². The van der Waals surface area contributed by atoms with Gasteiger partial charge in [-0.15, -0.1) is 0 Å². The van der Waals surface area contributed by atoms with Gasteiger partial charge in [-0.05, 0) is 48.9 Å². The topological polar surface area (TPSA) is 86.8 Å². The monoisotopic (exact) mass is 455 g/mol. The Kier molecular flexibility index (Phi) is 6.36. The molecule has 29 heavy (non-hydrogen) atoms. The van der Waals surface area contributed by atoms with Crippen molar-refractivity contribution in [1.29, 1.82) is 0 Å². The van der Waals surface area contributed by atoms with Crippen molar-refractivity contribution in [1.82, 2.24) is 0 Å². The van der Waals surface area contributed by atoms with Crippen LogP contribution in [0.3, 0.4) is 0 Å². The molecule has 0 unspecified atom stereocenters. The first-order valence-electron chi connectivity index (χ1n) is 8.77. The Bertz CT molecular complexity index is 1020. The number of anilines is 3. The average Bonchev–Trinajstić information content (AvgIpc) is 3.04. The molecule has 0 radical (unpaired) electrons. The summed E-state index contributed by atoms with van der Waals surface area (Å²) in [5.41, 5.74) is 1.45. The molecule has 1 saturated heterocycles. The average molecular weight is 456 g/mol. The number of sulfonamides is 1. The normalized spacial score (nSPS) is 14.2. The Morgan fingerprint density at radius 1 is 1.14 bits per heavy atom. The van der Waals surface area contributed by atoms with Crippen LogP contribution >= 0.6 is 23.2 Å². The number of halogens is 2. The van der Waals surface area contributed by atoms with Gasteiger partial charge in [-0.25, -0.2) is 8.42 Å². The lowest BCUT2D eigenvalue weighted by atomic mass is 10.2. The summed E-state index contributed by atoms with van der Waals surface area (Å²) < 4.78 is 25.3. The van der Waals surface area contributed by atoms with Crippen LogP contribution in [-0.2, 0) is 19.6 Å². The highest BCUT2D eigenvalue weighted by Gasteiger charge is 2.23. The summed E-state index contributed by atoms with van der Waals surface area (Å²) in [6.45, 7) is 0.234. The van der Waals surface area contributed by atoms with Crippen molar-refractivity contribution in [2.45, 2.75) is 12.8 Å². The lowest BCUT2D eigenvalue weighted by Crippen LogP contribution is -2.37. The molecule has 7 nitrogen and oxygen atoms in total. The lowest BCUT2D eigenvalue weighted by Gasteiger charge is -2.22. The highest BCUT2D eigenvalue weighted by molar-refractivity contribution is 7.92. The van der Waals surface area contributed by atoms with Gasteiger partial charge in [-0.2, -0.15) is 0 Å². The van der Waals surface area contributed by atoms with E-state index in [2.05, 4.69) is 5.32 Å². The summed E-state index contributed by atoms with van der Waals surface area (Å²) in [6.07, 6.45) is 2.36. The molecule has 0 aromatic heterocycles. The fourth-order valence-corrected chi connectivity index (χ4v) is 4.41. The predicted molar refractivity (Wildman–Crippen MR) is 115 cm³/mol. The van der Waals surface area contributed by atoms with Gasteiger partial charge in [-0.1, -0.05) is 23.2 Å². The number of hydrogen-bond acceptors (Lipinski definition) is 4. The Hall–Kier alpha value is -2.29. The lowest BCUT2D eigenvalue weighted by molar-refractivity contribution is -0.117. The minimum absolute atomic E-state index is 0.0748. The van der Waals surface area contributed by atoms with Crippen molar-refractivity contribution in [2.75, 3.05) is 33.9 Å². The minimum atomic E-state index is -3.75. The van der Waals surface area contributed by atoms with Gasteiger partial charge in [0.15, 0.2) is 0 Å². The molecule has 0 atom stereocenters. The van der Waals surface area contributed by atoms with Crippen molar-refractivity contribution in [3.63, 3.8) is 0 Å². The first-order chi connectivity index (χ1) is 13.6. The highest BCUT2D eigenvalue weighted by Crippen LogP contribution is 2.27. The number of carbonyl (C=O) groups excluding carboxylic acids is 2. The first kappa shape index (κ1) is 21.4. The van der Waals surface area contributed by atoms with Gasteiger partial charge in [0.1, 0.15) is 6.54 Å². The zero-order chi connectivity index (χ0) is 21.2. The molecule has 1 N–H and O–H groups in total. The minimum Gasteiger partial charge on any atom is -0.325 e. The summed E-state index contributed by atoms with van der Waals surface area (Å²) in [4.78, 5) is 26.0. The number of nitrogens with one attached hydrogen (secondary N) is 1. The van der Waals surface area contributed by atoms with Gasteiger partial charge < -0.3 is 10.2 Å². The van der Waals surface area contributed by atoms with Crippen molar-refractivity contribution in [2.24, 2.45) is 0 Å². The smallest absolute Gasteiger partial charge is 0.245 e. The molecule has 0 saturated carbocycles. The Morgan fingerprint density at radius 3 is 2.28 bits per heavy atom. The van der Waals surface area contributed by atoms with E-state index >= 15 is 0 Å². The molecule has 1 heterocycles. The number of benzene rings is 2. The fourth-order valence-electron chi connectivity index (χ4n) is 3.06. The SMILES string of the molecule is CS(=O)(=O)N(CC(=O)Nc1ccc(N2CCCC2=O)cc1)c1cc(Cl)cc(Cl)c1. The summed E-state index contributed by atoms with van der Waals surface area (Å²) in [7, 11) is -3.75. The van der Waals surface area contributed by atoms with Crippen LogP contribution in [0.2, 0.25) is 10.0 Å². The molecule has 0 bridgehead atoms. The van der Waals surface area contributed by atoms with E-state index in [-0.39, 0.29) is 21.6 Å². The van der Waals surface area contributed by atoms with Crippen LogP contribution < -0.4 is 14.5 Å².